The first-order chi connectivity index (χ1) is 15.0. The summed E-state index contributed by atoms with van der Waals surface area (Å²) in [6.07, 6.45) is 0.311. The second kappa shape index (κ2) is 9.10. The number of nitrogens with zero attached hydrogens (tertiary/aromatic N) is 1. The van der Waals surface area contributed by atoms with Crippen LogP contribution >= 0.6 is 11.3 Å². The monoisotopic (exact) mass is 429 g/mol. The SMILES string of the molecule is CC(C)NC(=O)Cc1ccc(NC(=O)c2cc(-c3cccs3)nc3ccccc23)cc1. The van der Waals surface area contributed by atoms with Crippen LogP contribution in [0.3, 0.4) is 0 Å². The zero-order valence-electron chi connectivity index (χ0n) is 17.4. The molecule has 2 N–H and O–H groups in total. The molecule has 0 radical (unpaired) electrons. The summed E-state index contributed by atoms with van der Waals surface area (Å²) < 4.78 is 0. The summed E-state index contributed by atoms with van der Waals surface area (Å²) in [7, 11) is 0. The zero-order chi connectivity index (χ0) is 21.8. The van der Waals surface area contributed by atoms with Crippen molar-refractivity contribution in [3.8, 4) is 10.6 Å². The van der Waals surface area contributed by atoms with E-state index < -0.39 is 0 Å². The summed E-state index contributed by atoms with van der Waals surface area (Å²) in [4.78, 5) is 30.8. The van der Waals surface area contributed by atoms with Crippen LogP contribution in [0.2, 0.25) is 0 Å². The second-order valence-corrected chi connectivity index (χ2v) is 8.55. The van der Waals surface area contributed by atoms with E-state index in [-0.39, 0.29) is 17.9 Å². The summed E-state index contributed by atoms with van der Waals surface area (Å²) in [5.74, 6) is -0.210. The van der Waals surface area contributed by atoms with Crippen LogP contribution in [-0.2, 0) is 11.2 Å². The van der Waals surface area contributed by atoms with Crippen molar-refractivity contribution in [3.63, 3.8) is 0 Å². The summed E-state index contributed by atoms with van der Waals surface area (Å²) in [5, 5.41) is 8.65. The van der Waals surface area contributed by atoms with E-state index in [4.69, 9.17) is 4.98 Å². The van der Waals surface area contributed by atoms with Crippen LogP contribution < -0.4 is 10.6 Å². The fourth-order valence-corrected chi connectivity index (χ4v) is 4.06. The number of para-hydroxylation sites is 1. The summed E-state index contributed by atoms with van der Waals surface area (Å²) in [5.41, 5.74) is 3.71. The molecular formula is C25H23N3O2S. The number of hydrogen-bond acceptors (Lipinski definition) is 4. The van der Waals surface area contributed by atoms with E-state index in [9.17, 15) is 9.59 Å². The second-order valence-electron chi connectivity index (χ2n) is 7.60. The first kappa shape index (κ1) is 20.8. The van der Waals surface area contributed by atoms with Crippen molar-refractivity contribution in [3.05, 3.63) is 83.2 Å². The molecule has 6 heteroatoms. The first-order valence-corrected chi connectivity index (χ1v) is 11.0. The predicted octanol–water partition coefficient (Wildman–Crippen LogP) is 5.28. The Labute approximate surface area is 185 Å². The minimum atomic E-state index is -0.193. The smallest absolute Gasteiger partial charge is 0.256 e. The van der Waals surface area contributed by atoms with E-state index in [2.05, 4.69) is 10.6 Å². The van der Waals surface area contributed by atoms with Crippen LogP contribution in [0.25, 0.3) is 21.5 Å². The van der Waals surface area contributed by atoms with Crippen LogP contribution in [0, 0.1) is 0 Å². The minimum absolute atomic E-state index is 0.0175. The lowest BCUT2D eigenvalue weighted by molar-refractivity contribution is -0.120. The van der Waals surface area contributed by atoms with E-state index in [1.54, 1.807) is 11.3 Å². The molecule has 0 aliphatic heterocycles. The molecule has 0 aliphatic rings. The van der Waals surface area contributed by atoms with Gasteiger partial charge in [0.1, 0.15) is 0 Å². The van der Waals surface area contributed by atoms with Crippen molar-refractivity contribution in [1.82, 2.24) is 10.3 Å². The fraction of sp³-hybridized carbons (Fsp3) is 0.160. The highest BCUT2D eigenvalue weighted by atomic mass is 32.1. The third-order valence-corrected chi connectivity index (χ3v) is 5.65. The molecule has 31 heavy (non-hydrogen) atoms. The van der Waals surface area contributed by atoms with E-state index in [0.717, 1.165) is 27.0 Å². The quantitative estimate of drug-likeness (QED) is 0.438. The molecule has 0 fully saturated rings. The number of carbonyl (C=O) groups excluding carboxylic acids is 2. The molecule has 0 bridgehead atoms. The Morgan fingerprint density at radius 3 is 2.48 bits per heavy atom. The molecule has 5 nitrogen and oxygen atoms in total. The number of fused-ring (bicyclic) bond motifs is 1. The Bertz CT molecular complexity index is 1220. The van der Waals surface area contributed by atoms with Gasteiger partial charge in [0.05, 0.1) is 28.1 Å². The maximum absolute atomic E-state index is 13.1. The summed E-state index contributed by atoms with van der Waals surface area (Å²) >= 11 is 1.59. The predicted molar refractivity (Wildman–Crippen MR) is 126 cm³/mol. The number of carbonyl (C=O) groups is 2. The highest BCUT2D eigenvalue weighted by Crippen LogP contribution is 2.28. The summed E-state index contributed by atoms with van der Waals surface area (Å²) in [6.45, 7) is 3.87. The lowest BCUT2D eigenvalue weighted by Crippen LogP contribution is -2.31. The van der Waals surface area contributed by atoms with E-state index in [1.807, 2.05) is 86.0 Å². The Balaban J connectivity index is 1.56. The number of aromatic nitrogens is 1. The molecule has 4 aromatic rings. The zero-order valence-corrected chi connectivity index (χ0v) is 18.2. The Morgan fingerprint density at radius 1 is 1.00 bits per heavy atom. The van der Waals surface area contributed by atoms with Crippen LogP contribution in [0.4, 0.5) is 5.69 Å². The molecule has 0 saturated carbocycles. The molecule has 2 aromatic heterocycles. The molecule has 0 atom stereocenters. The largest absolute Gasteiger partial charge is 0.354 e. The van der Waals surface area contributed by atoms with Gasteiger partial charge >= 0.3 is 0 Å². The van der Waals surface area contributed by atoms with Crippen molar-refractivity contribution in [2.24, 2.45) is 0 Å². The van der Waals surface area contributed by atoms with E-state index in [0.29, 0.717) is 17.7 Å². The van der Waals surface area contributed by atoms with Gasteiger partial charge < -0.3 is 10.6 Å². The molecule has 0 unspecified atom stereocenters. The van der Waals surface area contributed by atoms with Crippen LogP contribution in [-0.4, -0.2) is 22.8 Å². The molecule has 0 spiro atoms. The van der Waals surface area contributed by atoms with Gasteiger partial charge in [-0.2, -0.15) is 0 Å². The van der Waals surface area contributed by atoms with Crippen molar-refractivity contribution in [2.75, 3.05) is 5.32 Å². The van der Waals surface area contributed by atoms with Gasteiger partial charge in [0.15, 0.2) is 0 Å². The van der Waals surface area contributed by atoms with Gasteiger partial charge in [-0.25, -0.2) is 4.98 Å². The van der Waals surface area contributed by atoms with Gasteiger partial charge in [-0.3, -0.25) is 9.59 Å². The maximum atomic E-state index is 13.1. The third-order valence-electron chi connectivity index (χ3n) is 4.76. The van der Waals surface area contributed by atoms with Crippen molar-refractivity contribution in [1.29, 1.82) is 0 Å². The number of anilines is 1. The van der Waals surface area contributed by atoms with E-state index in [1.165, 1.54) is 0 Å². The fourth-order valence-electron chi connectivity index (χ4n) is 3.38. The lowest BCUT2D eigenvalue weighted by atomic mass is 10.1. The van der Waals surface area contributed by atoms with Gasteiger partial charge in [0.2, 0.25) is 5.91 Å². The molecule has 156 valence electrons. The van der Waals surface area contributed by atoms with Gasteiger partial charge in [0.25, 0.3) is 5.91 Å². The van der Waals surface area contributed by atoms with Gasteiger partial charge in [0, 0.05) is 17.1 Å². The first-order valence-electron chi connectivity index (χ1n) is 10.1. The highest BCUT2D eigenvalue weighted by Gasteiger charge is 2.15. The maximum Gasteiger partial charge on any atom is 0.256 e. The van der Waals surface area contributed by atoms with Crippen molar-refractivity contribution < 1.29 is 9.59 Å². The third kappa shape index (κ3) is 4.98. The Morgan fingerprint density at radius 2 is 1.77 bits per heavy atom. The average Bonchev–Trinajstić information content (AvgIpc) is 3.28. The highest BCUT2D eigenvalue weighted by molar-refractivity contribution is 7.13. The van der Waals surface area contributed by atoms with Crippen LogP contribution in [0.15, 0.2) is 72.1 Å². The van der Waals surface area contributed by atoms with Crippen LogP contribution in [0.5, 0.6) is 0 Å². The summed E-state index contributed by atoms with van der Waals surface area (Å²) in [6, 6.07) is 20.9. The minimum Gasteiger partial charge on any atom is -0.354 e. The number of nitrogens with one attached hydrogen (secondary N) is 2. The Kier molecular flexibility index (Phi) is 6.09. The standard InChI is InChI=1S/C25H23N3O2S/c1-16(2)26-24(29)14-17-9-11-18(12-10-17)27-25(30)20-15-22(23-8-5-13-31-23)28-21-7-4-3-6-19(20)21/h3-13,15-16H,14H2,1-2H3,(H,26,29)(H,27,30). The van der Waals surface area contributed by atoms with Gasteiger partial charge in [-0.15, -0.1) is 11.3 Å². The van der Waals surface area contributed by atoms with Crippen molar-refractivity contribution >= 4 is 39.7 Å². The molecule has 0 saturated heterocycles. The number of rotatable bonds is 6. The van der Waals surface area contributed by atoms with Crippen LogP contribution in [0.1, 0.15) is 29.8 Å². The number of benzene rings is 2. The number of amides is 2. The molecular weight excluding hydrogens is 406 g/mol. The number of pyridine rings is 1. The molecule has 2 amide bonds. The lowest BCUT2D eigenvalue weighted by Gasteiger charge is -2.11. The molecule has 0 aliphatic carbocycles. The molecule has 2 heterocycles. The average molecular weight is 430 g/mol. The normalized spacial score (nSPS) is 10.9. The molecule has 4 rings (SSSR count). The topological polar surface area (TPSA) is 71.1 Å². The van der Waals surface area contributed by atoms with Gasteiger partial charge in [-0.05, 0) is 55.1 Å². The van der Waals surface area contributed by atoms with Gasteiger partial charge in [-0.1, -0.05) is 36.4 Å². The van der Waals surface area contributed by atoms with E-state index >= 15 is 0 Å². The van der Waals surface area contributed by atoms with Crippen molar-refractivity contribution in [2.45, 2.75) is 26.3 Å². The number of thiophene rings is 1. The Hall–Kier alpha value is -3.51. The number of hydrogen-bond donors (Lipinski definition) is 2. The molecule has 2 aromatic carbocycles.